The molecule has 2 N–H and O–H groups in total. The Kier molecular flexibility index (Phi) is 21.9. The van der Waals surface area contributed by atoms with E-state index in [-0.39, 0.29) is 0 Å². The smallest absolute Gasteiger partial charge is 0.0633 e. The van der Waals surface area contributed by atoms with Gasteiger partial charge >= 0.3 is 0 Å². The molecule has 0 atom stereocenters. The minimum absolute atomic E-state index is 0.613. The fourth-order valence-corrected chi connectivity index (χ4v) is 1.50. The molecular weight excluding hydrogens is 339 g/mol. The topological polar surface area (TPSA) is 38.9 Å². The third-order valence-corrected chi connectivity index (χ3v) is 2.97. The number of halogens is 3. The predicted octanol–water partition coefficient (Wildman–Crippen LogP) is 7.13. The highest BCUT2D eigenvalue weighted by Gasteiger charge is 1.97. The summed E-state index contributed by atoms with van der Waals surface area (Å²) in [5.41, 5.74) is 7.22. The van der Waals surface area contributed by atoms with Gasteiger partial charge in [-0.1, -0.05) is 69.4 Å². The third kappa shape index (κ3) is 14.2. The summed E-state index contributed by atoms with van der Waals surface area (Å²) in [6.45, 7) is 13.7. The van der Waals surface area contributed by atoms with Crippen LogP contribution < -0.4 is 5.73 Å². The SMILES string of the molecule is CC.CC.CCC(=C/N)/C=C(\C)Cl.Cc1c(Cl)cncc1Cl. The number of allylic oxidation sites excluding steroid dienone is 3. The zero-order chi connectivity index (χ0) is 18.1. The Morgan fingerprint density at radius 1 is 1.14 bits per heavy atom. The van der Waals surface area contributed by atoms with Crippen LogP contribution in [0.1, 0.15) is 53.5 Å². The van der Waals surface area contributed by atoms with E-state index in [2.05, 4.69) is 4.98 Å². The van der Waals surface area contributed by atoms with Crippen molar-refractivity contribution in [3.8, 4) is 0 Å². The van der Waals surface area contributed by atoms with Crippen LogP contribution in [0.2, 0.25) is 10.0 Å². The molecule has 1 rings (SSSR count). The Hall–Kier alpha value is -0.700. The summed E-state index contributed by atoms with van der Waals surface area (Å²) in [7, 11) is 0. The van der Waals surface area contributed by atoms with Crippen molar-refractivity contribution in [2.75, 3.05) is 0 Å². The molecule has 0 radical (unpaired) electrons. The van der Waals surface area contributed by atoms with Crippen LogP contribution in [0.3, 0.4) is 0 Å². The van der Waals surface area contributed by atoms with Crippen molar-refractivity contribution in [3.05, 3.63) is 50.9 Å². The molecule has 0 aliphatic carbocycles. The minimum Gasteiger partial charge on any atom is -0.404 e. The molecule has 0 aliphatic rings. The minimum atomic E-state index is 0.613. The largest absolute Gasteiger partial charge is 0.404 e. The summed E-state index contributed by atoms with van der Waals surface area (Å²) in [5.74, 6) is 0. The normalized spacial score (nSPS) is 10.3. The number of hydrogen-bond donors (Lipinski definition) is 1. The fraction of sp³-hybridized carbons (Fsp3) is 0.471. The van der Waals surface area contributed by atoms with Gasteiger partial charge in [-0.2, -0.15) is 0 Å². The van der Waals surface area contributed by atoms with Gasteiger partial charge < -0.3 is 5.73 Å². The maximum Gasteiger partial charge on any atom is 0.0633 e. The van der Waals surface area contributed by atoms with Gasteiger partial charge in [0.05, 0.1) is 10.0 Å². The predicted molar refractivity (Wildman–Crippen MR) is 104 cm³/mol. The van der Waals surface area contributed by atoms with Gasteiger partial charge in [0.2, 0.25) is 0 Å². The van der Waals surface area contributed by atoms with Gasteiger partial charge in [0.1, 0.15) is 0 Å². The lowest BCUT2D eigenvalue weighted by Crippen LogP contribution is -1.83. The number of nitrogens with zero attached hydrogens (tertiary/aromatic N) is 1. The van der Waals surface area contributed by atoms with E-state index in [1.54, 1.807) is 18.6 Å². The van der Waals surface area contributed by atoms with Crippen molar-refractivity contribution in [2.24, 2.45) is 5.73 Å². The third-order valence-electron chi connectivity index (χ3n) is 2.10. The lowest BCUT2D eigenvalue weighted by atomic mass is 10.2. The van der Waals surface area contributed by atoms with E-state index in [0.717, 1.165) is 22.6 Å². The van der Waals surface area contributed by atoms with Crippen LogP contribution in [0.15, 0.2) is 35.3 Å². The monoisotopic (exact) mass is 366 g/mol. The first-order chi connectivity index (χ1) is 10.4. The van der Waals surface area contributed by atoms with Gasteiger partial charge in [-0.3, -0.25) is 4.98 Å². The molecule has 2 nitrogen and oxygen atoms in total. The number of pyridine rings is 1. The molecule has 0 saturated carbocycles. The van der Waals surface area contributed by atoms with Crippen molar-refractivity contribution in [2.45, 2.75) is 54.9 Å². The maximum absolute atomic E-state index is 5.67. The molecule has 1 aromatic rings. The van der Waals surface area contributed by atoms with Crippen LogP contribution in [0, 0.1) is 6.92 Å². The first kappa shape index (κ1) is 26.2. The molecule has 128 valence electrons. The van der Waals surface area contributed by atoms with Gasteiger partial charge in [-0.05, 0) is 43.7 Å². The second kappa shape index (κ2) is 18.3. The summed E-state index contributed by atoms with van der Waals surface area (Å²) < 4.78 is 0. The van der Waals surface area contributed by atoms with Crippen LogP contribution in [-0.2, 0) is 0 Å². The fourth-order valence-electron chi connectivity index (χ4n) is 0.999. The van der Waals surface area contributed by atoms with Crippen LogP contribution in [0.4, 0.5) is 0 Å². The Labute approximate surface area is 151 Å². The molecule has 0 bridgehead atoms. The molecule has 1 heterocycles. The lowest BCUT2D eigenvalue weighted by molar-refractivity contribution is 1.13. The Morgan fingerprint density at radius 2 is 1.55 bits per heavy atom. The zero-order valence-corrected chi connectivity index (χ0v) is 16.9. The first-order valence-electron chi connectivity index (χ1n) is 7.42. The van der Waals surface area contributed by atoms with Crippen molar-refractivity contribution in [1.29, 1.82) is 0 Å². The summed E-state index contributed by atoms with van der Waals surface area (Å²) in [4.78, 5) is 3.78. The molecule has 22 heavy (non-hydrogen) atoms. The van der Waals surface area contributed by atoms with Crippen molar-refractivity contribution in [3.63, 3.8) is 0 Å². The summed E-state index contributed by atoms with van der Waals surface area (Å²) in [6, 6.07) is 0. The molecule has 0 amide bonds. The van der Waals surface area contributed by atoms with Crippen molar-refractivity contribution in [1.82, 2.24) is 4.98 Å². The summed E-state index contributed by atoms with van der Waals surface area (Å²) in [5, 5.41) is 2.00. The number of rotatable bonds is 2. The molecule has 0 spiro atoms. The highest BCUT2D eigenvalue weighted by molar-refractivity contribution is 6.35. The Bertz CT molecular complexity index is 417. The van der Waals surface area contributed by atoms with E-state index in [9.17, 15) is 0 Å². The second-order valence-electron chi connectivity index (χ2n) is 3.55. The molecule has 0 unspecified atom stereocenters. The molecule has 0 aromatic carbocycles. The van der Waals surface area contributed by atoms with E-state index in [4.69, 9.17) is 40.5 Å². The maximum atomic E-state index is 5.67. The Morgan fingerprint density at radius 3 is 1.73 bits per heavy atom. The standard InChI is InChI=1S/C7H12ClN.C6H5Cl2N.2C2H6/c1-3-7(5-9)4-6(2)8;1-4-5(7)2-9-3-6(4)8;2*1-2/h4-5H,3,9H2,1-2H3;2-3H,1H3;2*1-2H3/b6-4+,7-5-;;;. The molecular formula is C17H29Cl3N2. The van der Waals surface area contributed by atoms with E-state index in [1.807, 2.05) is 54.5 Å². The summed E-state index contributed by atoms with van der Waals surface area (Å²) in [6.07, 6.45) is 7.51. The molecule has 0 aliphatic heterocycles. The van der Waals surface area contributed by atoms with Gasteiger partial charge in [-0.15, -0.1) is 0 Å². The van der Waals surface area contributed by atoms with Gasteiger partial charge in [-0.25, -0.2) is 0 Å². The molecule has 0 fully saturated rings. The first-order valence-corrected chi connectivity index (χ1v) is 8.55. The van der Waals surface area contributed by atoms with Crippen LogP contribution >= 0.6 is 34.8 Å². The van der Waals surface area contributed by atoms with Crippen LogP contribution in [0.5, 0.6) is 0 Å². The second-order valence-corrected chi connectivity index (χ2v) is 4.96. The van der Waals surface area contributed by atoms with Crippen LogP contribution in [0.25, 0.3) is 0 Å². The lowest BCUT2D eigenvalue weighted by Gasteiger charge is -1.95. The van der Waals surface area contributed by atoms with Gasteiger partial charge in [0, 0.05) is 17.4 Å². The van der Waals surface area contributed by atoms with Gasteiger partial charge in [0.25, 0.3) is 0 Å². The quantitative estimate of drug-likeness (QED) is 0.564. The van der Waals surface area contributed by atoms with Crippen molar-refractivity contribution < 1.29 is 0 Å². The Balaban J connectivity index is -0.000000267. The van der Waals surface area contributed by atoms with Gasteiger partial charge in [0.15, 0.2) is 0 Å². The van der Waals surface area contributed by atoms with Crippen molar-refractivity contribution >= 4 is 34.8 Å². The molecule has 5 heteroatoms. The van der Waals surface area contributed by atoms with E-state index in [1.165, 1.54) is 0 Å². The number of hydrogen-bond acceptors (Lipinski definition) is 2. The zero-order valence-electron chi connectivity index (χ0n) is 14.7. The molecule has 1 aromatic heterocycles. The average molecular weight is 368 g/mol. The van der Waals surface area contributed by atoms with E-state index < -0.39 is 0 Å². The molecule has 0 saturated heterocycles. The number of aromatic nitrogens is 1. The van der Waals surface area contributed by atoms with E-state index >= 15 is 0 Å². The number of nitrogens with two attached hydrogens (primary N) is 1. The highest BCUT2D eigenvalue weighted by Crippen LogP contribution is 2.20. The van der Waals surface area contributed by atoms with Crippen LogP contribution in [-0.4, -0.2) is 4.98 Å². The highest BCUT2D eigenvalue weighted by atomic mass is 35.5. The average Bonchev–Trinajstić information content (AvgIpc) is 2.54. The summed E-state index contributed by atoms with van der Waals surface area (Å²) >= 11 is 16.9. The van der Waals surface area contributed by atoms with E-state index in [0.29, 0.717) is 10.0 Å².